The van der Waals surface area contributed by atoms with Gasteiger partial charge in [0, 0.05) is 25.2 Å². The van der Waals surface area contributed by atoms with Crippen LogP contribution in [0.1, 0.15) is 31.0 Å². The van der Waals surface area contributed by atoms with Crippen LogP contribution in [0.25, 0.3) is 5.57 Å². The molecule has 1 aliphatic carbocycles. The van der Waals surface area contributed by atoms with E-state index in [1.807, 2.05) is 10.7 Å². The average molecular weight is 371 g/mol. The van der Waals surface area contributed by atoms with Gasteiger partial charge in [0.1, 0.15) is 11.7 Å². The fourth-order valence-corrected chi connectivity index (χ4v) is 2.68. The van der Waals surface area contributed by atoms with Gasteiger partial charge < -0.3 is 5.32 Å². The lowest BCUT2D eigenvalue weighted by molar-refractivity contribution is -0.161. The number of hydrogen-bond donors (Lipinski definition) is 2. The summed E-state index contributed by atoms with van der Waals surface area (Å²) in [5.74, 6) is -0.942. The molecule has 2 amide bonds. The first kappa shape index (κ1) is 17.9. The number of nitrogens with zero attached hydrogens (tertiary/aromatic N) is 5. The molecule has 3 rings (SSSR count). The standard InChI is InChI=1S/C14H16F3N7O2/c1-23(22-21-18-7-25)12-9(6-11(14(15,16)17)19-13(12)26)10-4-5-24(20-10)8-2-3-8/h4-5,7-8,11H,2-3,6H2,1H3,(H,19,26)(H,18,22,25). The first-order valence-electron chi connectivity index (χ1n) is 7.81. The summed E-state index contributed by atoms with van der Waals surface area (Å²) in [5.41, 5.74) is 2.21. The number of nitrogens with one attached hydrogen (secondary N) is 2. The van der Waals surface area contributed by atoms with Crippen molar-refractivity contribution in [3.05, 3.63) is 23.7 Å². The number of amides is 2. The number of likely N-dealkylation sites (N-methyl/N-ethyl adjacent to an activating group) is 1. The molecule has 1 fully saturated rings. The molecule has 1 aromatic rings. The van der Waals surface area contributed by atoms with E-state index in [4.69, 9.17) is 0 Å². The molecule has 2 aliphatic rings. The molecule has 0 radical (unpaired) electrons. The predicted octanol–water partition coefficient (Wildman–Crippen LogP) is 1.34. The molecule has 1 aliphatic heterocycles. The summed E-state index contributed by atoms with van der Waals surface area (Å²) in [4.78, 5) is 22.6. The van der Waals surface area contributed by atoms with E-state index in [-0.39, 0.29) is 29.4 Å². The zero-order valence-electron chi connectivity index (χ0n) is 13.7. The first-order chi connectivity index (χ1) is 12.3. The van der Waals surface area contributed by atoms with Crippen molar-refractivity contribution < 1.29 is 22.8 Å². The summed E-state index contributed by atoms with van der Waals surface area (Å²) in [5, 5.41) is 14.1. The Hall–Kier alpha value is -2.92. The van der Waals surface area contributed by atoms with Gasteiger partial charge in [-0.1, -0.05) is 0 Å². The van der Waals surface area contributed by atoms with Crippen LogP contribution in [0.2, 0.25) is 0 Å². The molecule has 0 saturated heterocycles. The Labute approximate surface area is 145 Å². The number of carbonyl (C=O) groups is 2. The van der Waals surface area contributed by atoms with Crippen LogP contribution in [0.15, 0.2) is 28.4 Å². The summed E-state index contributed by atoms with van der Waals surface area (Å²) in [7, 11) is 1.34. The molecule has 1 saturated carbocycles. The summed E-state index contributed by atoms with van der Waals surface area (Å²) >= 11 is 0. The Kier molecular flexibility index (Phi) is 4.66. The van der Waals surface area contributed by atoms with Crippen molar-refractivity contribution in [1.29, 1.82) is 0 Å². The quantitative estimate of drug-likeness (QED) is 0.447. The van der Waals surface area contributed by atoms with E-state index in [1.165, 1.54) is 7.05 Å². The number of hydrogen-bond acceptors (Lipinski definition) is 5. The van der Waals surface area contributed by atoms with Crippen LogP contribution in [0.5, 0.6) is 0 Å². The third-order valence-electron chi connectivity index (χ3n) is 4.06. The van der Waals surface area contributed by atoms with Crippen molar-refractivity contribution in [1.82, 2.24) is 25.5 Å². The Morgan fingerprint density at radius 3 is 2.81 bits per heavy atom. The van der Waals surface area contributed by atoms with Crippen molar-refractivity contribution in [2.45, 2.75) is 37.5 Å². The highest BCUT2D eigenvalue weighted by Crippen LogP contribution is 2.37. The molecule has 9 nitrogen and oxygen atoms in total. The van der Waals surface area contributed by atoms with Gasteiger partial charge in [0.2, 0.25) is 6.41 Å². The van der Waals surface area contributed by atoms with Gasteiger partial charge in [-0.2, -0.15) is 18.3 Å². The lowest BCUT2D eigenvalue weighted by Crippen LogP contribution is -2.50. The fraction of sp³-hybridized carbons (Fsp3) is 0.500. The van der Waals surface area contributed by atoms with Crippen LogP contribution in [-0.2, 0) is 9.59 Å². The van der Waals surface area contributed by atoms with E-state index < -0.39 is 24.5 Å². The maximum absolute atomic E-state index is 13.2. The van der Waals surface area contributed by atoms with Crippen molar-refractivity contribution in [3.63, 3.8) is 0 Å². The summed E-state index contributed by atoms with van der Waals surface area (Å²) in [6, 6.07) is -0.190. The van der Waals surface area contributed by atoms with Crippen LogP contribution >= 0.6 is 0 Å². The van der Waals surface area contributed by atoms with E-state index >= 15 is 0 Å². The maximum atomic E-state index is 13.2. The van der Waals surface area contributed by atoms with E-state index in [0.29, 0.717) is 0 Å². The average Bonchev–Trinajstić information content (AvgIpc) is 3.30. The topological polar surface area (TPSA) is 104 Å². The number of carbonyl (C=O) groups excluding carboxylic acids is 2. The van der Waals surface area contributed by atoms with Crippen LogP contribution < -0.4 is 10.7 Å². The second kappa shape index (κ2) is 6.77. The number of aromatic nitrogens is 2. The van der Waals surface area contributed by atoms with E-state index in [2.05, 4.69) is 15.5 Å². The first-order valence-corrected chi connectivity index (χ1v) is 7.81. The molecule has 0 spiro atoms. The number of halogens is 3. The summed E-state index contributed by atoms with van der Waals surface area (Å²) in [6.07, 6.45) is -1.20. The smallest absolute Gasteiger partial charge is 0.339 e. The van der Waals surface area contributed by atoms with E-state index in [0.717, 1.165) is 17.9 Å². The second-order valence-corrected chi connectivity index (χ2v) is 5.97. The van der Waals surface area contributed by atoms with Gasteiger partial charge in [0.15, 0.2) is 0 Å². The molecule has 2 heterocycles. The lowest BCUT2D eigenvalue weighted by atomic mass is 9.96. The molecule has 0 aromatic carbocycles. The number of alkyl halides is 3. The third kappa shape index (κ3) is 3.68. The molecule has 1 unspecified atom stereocenters. The molecule has 1 atom stereocenters. The monoisotopic (exact) mass is 371 g/mol. The molecular weight excluding hydrogens is 355 g/mol. The third-order valence-corrected chi connectivity index (χ3v) is 4.06. The van der Waals surface area contributed by atoms with Crippen LogP contribution in [-0.4, -0.2) is 46.4 Å². The predicted molar refractivity (Wildman–Crippen MR) is 81.8 cm³/mol. The lowest BCUT2D eigenvalue weighted by Gasteiger charge is -2.30. The van der Waals surface area contributed by atoms with Crippen molar-refractivity contribution >= 4 is 17.9 Å². The van der Waals surface area contributed by atoms with Gasteiger partial charge in [-0.15, -0.1) is 0 Å². The van der Waals surface area contributed by atoms with Crippen LogP contribution in [0, 0.1) is 0 Å². The molecule has 12 heteroatoms. The molecule has 1 aromatic heterocycles. The molecule has 140 valence electrons. The van der Waals surface area contributed by atoms with Gasteiger partial charge in [-0.3, -0.25) is 14.3 Å². The molecular formula is C14H16F3N7O2. The Bertz CT molecular complexity index is 767. The highest BCUT2D eigenvalue weighted by atomic mass is 19.4. The second-order valence-electron chi connectivity index (χ2n) is 5.97. The molecule has 0 bridgehead atoms. The highest BCUT2D eigenvalue weighted by Gasteiger charge is 2.46. The van der Waals surface area contributed by atoms with Gasteiger partial charge in [0.25, 0.3) is 5.91 Å². The van der Waals surface area contributed by atoms with Gasteiger partial charge in [0.05, 0.1) is 11.7 Å². The van der Waals surface area contributed by atoms with Crippen molar-refractivity contribution in [2.75, 3.05) is 7.05 Å². The highest BCUT2D eigenvalue weighted by molar-refractivity contribution is 6.02. The molecule has 2 N–H and O–H groups in total. The van der Waals surface area contributed by atoms with E-state index in [1.54, 1.807) is 16.9 Å². The van der Waals surface area contributed by atoms with Gasteiger partial charge >= 0.3 is 6.18 Å². The zero-order valence-corrected chi connectivity index (χ0v) is 13.7. The van der Waals surface area contributed by atoms with Crippen molar-refractivity contribution in [3.8, 4) is 0 Å². The van der Waals surface area contributed by atoms with E-state index in [9.17, 15) is 22.8 Å². The minimum absolute atomic E-state index is 0.108. The number of rotatable bonds is 6. The Balaban J connectivity index is 1.99. The minimum atomic E-state index is -4.59. The maximum Gasteiger partial charge on any atom is 0.408 e. The summed E-state index contributed by atoms with van der Waals surface area (Å²) < 4.78 is 41.2. The summed E-state index contributed by atoms with van der Waals surface area (Å²) in [6.45, 7) is 0. The fourth-order valence-electron chi connectivity index (χ4n) is 2.68. The van der Waals surface area contributed by atoms with Crippen LogP contribution in [0.3, 0.4) is 0 Å². The largest absolute Gasteiger partial charge is 0.408 e. The zero-order chi connectivity index (χ0) is 18.9. The van der Waals surface area contributed by atoms with Crippen LogP contribution in [0.4, 0.5) is 13.2 Å². The Morgan fingerprint density at radius 2 is 2.19 bits per heavy atom. The normalized spacial score (nSPS) is 21.1. The van der Waals surface area contributed by atoms with Gasteiger partial charge in [-0.05, 0) is 29.4 Å². The minimum Gasteiger partial charge on any atom is -0.339 e. The molecule has 26 heavy (non-hydrogen) atoms. The Morgan fingerprint density at radius 1 is 1.46 bits per heavy atom. The van der Waals surface area contributed by atoms with Crippen molar-refractivity contribution in [2.24, 2.45) is 10.4 Å². The van der Waals surface area contributed by atoms with Gasteiger partial charge in [-0.25, -0.2) is 10.4 Å². The SMILES string of the molecule is CN(/N=N\NC=O)C1=C(c2ccn(C3CC3)n2)CC(C(F)(F)F)NC1=O.